The molecule has 0 spiro atoms. The summed E-state index contributed by atoms with van der Waals surface area (Å²) in [5.74, 6) is 1.40. The Morgan fingerprint density at radius 1 is 0.448 bits per heavy atom. The molecular weight excluding hydrogens is 1050 g/mol. The molecule has 6 heterocycles. The van der Waals surface area contributed by atoms with Gasteiger partial charge in [-0.2, -0.15) is 8.75 Å². The van der Waals surface area contributed by atoms with E-state index < -0.39 is 0 Å². The lowest BCUT2D eigenvalue weighted by Gasteiger charge is -2.15. The zero-order valence-electron chi connectivity index (χ0n) is 41.2. The number of rotatable bonds is 30. The quantitative estimate of drug-likeness (QED) is 0.0421. The van der Waals surface area contributed by atoms with Gasteiger partial charge in [-0.15, -0.1) is 45.3 Å². The molecule has 0 radical (unpaired) electrons. The molecule has 0 N–H and O–H groups in total. The minimum atomic E-state index is 0.700. The number of hydrogen-bond acceptors (Lipinski definition) is 9. The zero-order valence-corrected chi connectivity index (χ0v) is 48.4. The van der Waals surface area contributed by atoms with Gasteiger partial charge in [0.2, 0.25) is 0 Å². The van der Waals surface area contributed by atoms with Crippen molar-refractivity contribution in [2.24, 2.45) is 11.8 Å². The van der Waals surface area contributed by atoms with E-state index >= 15 is 0 Å². The minimum Gasteiger partial charge on any atom is -0.242 e. The number of unbranched alkanes of at least 4 members (excludes halogenated alkanes) is 12. The molecule has 1 aromatic carbocycles. The molecule has 7 rings (SSSR count). The molecule has 0 fully saturated rings. The van der Waals surface area contributed by atoms with Crippen molar-refractivity contribution in [3.8, 4) is 42.0 Å². The first-order chi connectivity index (χ1) is 32.8. The van der Waals surface area contributed by atoms with Gasteiger partial charge < -0.3 is 0 Å². The van der Waals surface area contributed by atoms with Crippen molar-refractivity contribution in [1.82, 2.24) is 18.7 Å². The van der Waals surface area contributed by atoms with E-state index in [1.54, 1.807) is 0 Å². The van der Waals surface area contributed by atoms with Crippen molar-refractivity contribution in [2.75, 3.05) is 0 Å². The van der Waals surface area contributed by atoms with Crippen LogP contribution in [0, 0.1) is 11.8 Å². The van der Waals surface area contributed by atoms with Crippen LogP contribution in [0.1, 0.15) is 191 Å². The van der Waals surface area contributed by atoms with Crippen LogP contribution in [0.2, 0.25) is 0 Å². The van der Waals surface area contributed by atoms with Crippen LogP contribution >= 0.6 is 88.9 Å². The molecule has 0 saturated carbocycles. The highest BCUT2D eigenvalue weighted by atomic mass is 79.9. The highest BCUT2D eigenvalue weighted by molar-refractivity contribution is 9.11. The summed E-state index contributed by atoms with van der Waals surface area (Å²) in [5, 5.41) is 0. The Morgan fingerprint density at radius 3 is 1.25 bits per heavy atom. The van der Waals surface area contributed by atoms with Crippen LogP contribution in [0.15, 0.2) is 44.0 Å². The van der Waals surface area contributed by atoms with E-state index in [1.165, 1.54) is 188 Å². The fourth-order valence-electron chi connectivity index (χ4n) is 9.61. The van der Waals surface area contributed by atoms with Crippen molar-refractivity contribution in [2.45, 2.75) is 196 Å². The van der Waals surface area contributed by atoms with Gasteiger partial charge in [0.25, 0.3) is 0 Å². The summed E-state index contributed by atoms with van der Waals surface area (Å²) in [6, 6.07) is 14.3. The van der Waals surface area contributed by atoms with Crippen LogP contribution in [-0.4, -0.2) is 18.7 Å². The van der Waals surface area contributed by atoms with E-state index in [4.69, 9.17) is 18.7 Å². The highest BCUT2D eigenvalue weighted by Gasteiger charge is 2.28. The Hall–Kier alpha value is -1.86. The maximum Gasteiger partial charge on any atom is 0.116 e. The van der Waals surface area contributed by atoms with Gasteiger partial charge in [-0.05, 0) is 130 Å². The SMILES string of the molecule is CCCCCCCCc1cc(-c2c3nsnc3c(-c3cc(CCCCCCCC)c(Br)s3)c3nc(-c4ccc(CC(CC)CCCC)s4)c(-c4ccc(CC(CC)CCCC)s4)nc23)sc1Br. The molecule has 362 valence electrons. The Morgan fingerprint density at radius 2 is 0.851 bits per heavy atom. The molecule has 7 aromatic rings. The summed E-state index contributed by atoms with van der Waals surface area (Å²) in [6.07, 6.45) is 29.9. The van der Waals surface area contributed by atoms with Gasteiger partial charge in [0.05, 0.1) is 29.1 Å². The second-order valence-electron chi connectivity index (χ2n) is 19.0. The predicted octanol–water partition coefficient (Wildman–Crippen LogP) is 21.4. The summed E-state index contributed by atoms with van der Waals surface area (Å²) < 4.78 is 12.7. The van der Waals surface area contributed by atoms with E-state index in [0.717, 1.165) is 70.3 Å². The largest absolute Gasteiger partial charge is 0.242 e. The molecule has 0 amide bonds. The maximum atomic E-state index is 5.94. The van der Waals surface area contributed by atoms with Crippen LogP contribution < -0.4 is 0 Å². The summed E-state index contributed by atoms with van der Waals surface area (Å²) in [6.45, 7) is 13.9. The van der Waals surface area contributed by atoms with Gasteiger partial charge >= 0.3 is 0 Å². The van der Waals surface area contributed by atoms with Crippen molar-refractivity contribution >= 4 is 111 Å². The lowest BCUT2D eigenvalue weighted by molar-refractivity contribution is 0.452. The maximum absolute atomic E-state index is 5.94. The molecule has 2 unspecified atom stereocenters. The third-order valence-corrected chi connectivity index (χ3v) is 20.5. The summed E-state index contributed by atoms with van der Waals surface area (Å²) in [5.41, 5.74) is 10.6. The van der Waals surface area contributed by atoms with Crippen LogP contribution in [-0.2, 0) is 25.7 Å². The molecule has 67 heavy (non-hydrogen) atoms. The third-order valence-electron chi connectivity index (χ3n) is 13.8. The number of benzene rings is 1. The number of halogens is 2. The molecule has 4 nitrogen and oxygen atoms in total. The molecule has 0 aliphatic rings. The Bertz CT molecular complexity index is 2420. The lowest BCUT2D eigenvalue weighted by Crippen LogP contribution is -2.01. The number of fused-ring (bicyclic) bond motifs is 2. The van der Waals surface area contributed by atoms with Gasteiger partial charge in [-0.1, -0.05) is 157 Å². The first-order valence-electron chi connectivity index (χ1n) is 26.1. The second kappa shape index (κ2) is 27.1. The average Bonchev–Trinajstić information content (AvgIpc) is 4.21. The lowest BCUT2D eigenvalue weighted by atomic mass is 9.95. The Kier molecular flexibility index (Phi) is 21.4. The predicted molar refractivity (Wildman–Crippen MR) is 307 cm³/mol. The first kappa shape index (κ1) is 53.0. The standard InChI is InChI=1S/C56H74Br2N4S5/c1-7-13-17-19-21-23-27-39-35-45(65-55(39)57)47-51-52(48(54-53(47)61-67-62-54)46-36-40(56(58)66-46)28-24-22-20-18-14-8-2)60-50(44-32-30-42(64-44)34-38(12-6)26-16-10-4)49(59-51)43-31-29-41(63-43)33-37(11-5)25-15-9-3/h29-32,35-38H,7-28,33-34H2,1-6H3. The van der Waals surface area contributed by atoms with E-state index in [9.17, 15) is 0 Å². The van der Waals surface area contributed by atoms with Gasteiger partial charge in [-0.3, -0.25) is 0 Å². The summed E-state index contributed by atoms with van der Waals surface area (Å²) >= 11 is 16.9. The molecular formula is C56H74Br2N4S5. The normalized spacial score (nSPS) is 12.9. The Balaban J connectivity index is 1.41. The topological polar surface area (TPSA) is 51.6 Å². The van der Waals surface area contributed by atoms with Crippen LogP contribution in [0.4, 0.5) is 0 Å². The number of nitrogens with zero attached hydrogens (tertiary/aromatic N) is 4. The number of thiophene rings is 4. The van der Waals surface area contributed by atoms with E-state index in [-0.39, 0.29) is 0 Å². The van der Waals surface area contributed by atoms with Crippen molar-refractivity contribution in [3.63, 3.8) is 0 Å². The monoisotopic (exact) mass is 1120 g/mol. The van der Waals surface area contributed by atoms with Crippen LogP contribution in [0.3, 0.4) is 0 Å². The minimum absolute atomic E-state index is 0.700. The number of hydrogen-bond donors (Lipinski definition) is 0. The highest BCUT2D eigenvalue weighted by Crippen LogP contribution is 2.50. The molecule has 0 aliphatic heterocycles. The van der Waals surface area contributed by atoms with E-state index in [0.29, 0.717) is 11.8 Å². The van der Waals surface area contributed by atoms with Crippen molar-refractivity contribution < 1.29 is 0 Å². The molecule has 6 aromatic heterocycles. The second-order valence-corrected chi connectivity index (χ2v) is 26.6. The smallest absolute Gasteiger partial charge is 0.116 e. The fourth-order valence-corrected chi connectivity index (χ4v) is 16.0. The van der Waals surface area contributed by atoms with Crippen molar-refractivity contribution in [1.29, 1.82) is 0 Å². The number of aryl methyl sites for hydroxylation is 2. The molecule has 11 heteroatoms. The van der Waals surface area contributed by atoms with E-state index in [1.807, 2.05) is 45.3 Å². The third kappa shape index (κ3) is 13.8. The molecule has 0 saturated heterocycles. The molecule has 2 atom stereocenters. The van der Waals surface area contributed by atoms with Gasteiger partial charge in [-0.25, -0.2) is 9.97 Å². The molecule has 0 bridgehead atoms. The Labute approximate surface area is 440 Å². The summed E-state index contributed by atoms with van der Waals surface area (Å²) in [7, 11) is 0. The first-order valence-corrected chi connectivity index (χ1v) is 31.6. The zero-order chi connectivity index (χ0) is 47.1. The van der Waals surface area contributed by atoms with Gasteiger partial charge in [0, 0.05) is 30.6 Å². The van der Waals surface area contributed by atoms with Gasteiger partial charge in [0.15, 0.2) is 0 Å². The molecule has 0 aliphatic carbocycles. The van der Waals surface area contributed by atoms with Crippen LogP contribution in [0.25, 0.3) is 64.1 Å². The van der Waals surface area contributed by atoms with E-state index in [2.05, 4.69) is 110 Å². The van der Waals surface area contributed by atoms with Gasteiger partial charge in [0.1, 0.15) is 33.5 Å². The summed E-state index contributed by atoms with van der Waals surface area (Å²) in [4.78, 5) is 19.6. The van der Waals surface area contributed by atoms with Crippen molar-refractivity contribution in [3.05, 3.63) is 64.9 Å². The fraction of sp³-hybridized carbons (Fsp3) is 0.571. The number of aromatic nitrogens is 4. The van der Waals surface area contributed by atoms with Crippen LogP contribution in [0.5, 0.6) is 0 Å². The average molecular weight is 1120 g/mol.